The molecule has 120 valence electrons. The molecule has 0 unspecified atom stereocenters. The number of carbonyl (C=O) groups is 2. The van der Waals surface area contributed by atoms with E-state index >= 15 is 0 Å². The molecule has 0 radical (unpaired) electrons. The smallest absolute Gasteiger partial charge is 0.410 e. The summed E-state index contributed by atoms with van der Waals surface area (Å²) in [5.41, 5.74) is 0. The molecule has 0 aromatic heterocycles. The number of nitrogens with zero attached hydrogens (tertiary/aromatic N) is 1. The summed E-state index contributed by atoms with van der Waals surface area (Å²) in [5, 5.41) is 5.72. The van der Waals surface area contributed by atoms with E-state index in [1.807, 2.05) is 25.1 Å². The maximum absolute atomic E-state index is 11.8. The van der Waals surface area contributed by atoms with Crippen LogP contribution in [0.5, 0.6) is 5.75 Å². The molecule has 0 saturated carbocycles. The third-order valence-corrected chi connectivity index (χ3v) is 3.58. The monoisotopic (exact) mass is 305 g/mol. The average Bonchev–Trinajstić information content (AvgIpc) is 2.54. The second-order valence-electron chi connectivity index (χ2n) is 5.34. The minimum absolute atomic E-state index is 0.0211. The van der Waals surface area contributed by atoms with Gasteiger partial charge in [0.2, 0.25) is 0 Å². The maximum atomic E-state index is 11.8. The summed E-state index contributed by atoms with van der Waals surface area (Å²) in [6.45, 7) is 4.01. The van der Waals surface area contributed by atoms with Crippen LogP contribution in [0.4, 0.5) is 9.59 Å². The van der Waals surface area contributed by atoms with E-state index in [1.54, 1.807) is 17.0 Å². The van der Waals surface area contributed by atoms with Crippen molar-refractivity contribution in [2.45, 2.75) is 32.2 Å². The van der Waals surface area contributed by atoms with Crippen LogP contribution in [0.25, 0.3) is 0 Å². The van der Waals surface area contributed by atoms with E-state index in [-0.39, 0.29) is 12.1 Å². The van der Waals surface area contributed by atoms with Gasteiger partial charge in [0, 0.05) is 25.7 Å². The van der Waals surface area contributed by atoms with Gasteiger partial charge in [-0.25, -0.2) is 9.59 Å². The number of hydrogen-bond acceptors (Lipinski definition) is 3. The summed E-state index contributed by atoms with van der Waals surface area (Å²) in [6.07, 6.45) is 1.96. The number of para-hydroxylation sites is 1. The topological polar surface area (TPSA) is 70.7 Å². The van der Waals surface area contributed by atoms with Crippen LogP contribution < -0.4 is 15.4 Å². The van der Waals surface area contributed by atoms with E-state index in [0.29, 0.717) is 25.4 Å². The van der Waals surface area contributed by atoms with Crippen molar-refractivity contribution < 1.29 is 14.3 Å². The van der Waals surface area contributed by atoms with E-state index in [4.69, 9.17) is 4.74 Å². The molecule has 6 heteroatoms. The van der Waals surface area contributed by atoms with Gasteiger partial charge in [0.15, 0.2) is 0 Å². The molecule has 22 heavy (non-hydrogen) atoms. The number of amides is 3. The van der Waals surface area contributed by atoms with Gasteiger partial charge in [0.25, 0.3) is 0 Å². The van der Waals surface area contributed by atoms with Crippen molar-refractivity contribution >= 4 is 12.1 Å². The largest absolute Gasteiger partial charge is 0.412 e. The standard InChI is InChI=1S/C16H23N3O3/c1-2-10-17-15(20)19-11-8-13(9-12-19)18-16(21)22-14-6-4-3-5-7-14/h3-7,13H,2,8-12H2,1H3,(H,17,20)(H,18,21). The second-order valence-corrected chi connectivity index (χ2v) is 5.34. The van der Waals surface area contributed by atoms with Gasteiger partial charge in [-0.1, -0.05) is 25.1 Å². The highest BCUT2D eigenvalue weighted by molar-refractivity contribution is 5.74. The molecular weight excluding hydrogens is 282 g/mol. The first-order valence-corrected chi connectivity index (χ1v) is 7.75. The Morgan fingerprint density at radius 3 is 2.55 bits per heavy atom. The molecule has 1 aromatic rings. The summed E-state index contributed by atoms with van der Waals surface area (Å²) in [5.74, 6) is 0.524. The summed E-state index contributed by atoms with van der Waals surface area (Å²) in [4.78, 5) is 25.4. The molecule has 6 nitrogen and oxygen atoms in total. The number of ether oxygens (including phenoxy) is 1. The van der Waals surface area contributed by atoms with E-state index in [0.717, 1.165) is 19.3 Å². The molecule has 0 atom stereocenters. The van der Waals surface area contributed by atoms with Crippen LogP contribution in [0.3, 0.4) is 0 Å². The van der Waals surface area contributed by atoms with Crippen molar-refractivity contribution in [2.75, 3.05) is 19.6 Å². The molecule has 3 amide bonds. The molecule has 1 aliphatic rings. The molecule has 2 rings (SSSR count). The minimum Gasteiger partial charge on any atom is -0.410 e. The molecule has 1 aliphatic heterocycles. The maximum Gasteiger partial charge on any atom is 0.412 e. The number of urea groups is 1. The SMILES string of the molecule is CCCNC(=O)N1CCC(NC(=O)Oc2ccccc2)CC1. The van der Waals surface area contributed by atoms with Crippen LogP contribution in [0, 0.1) is 0 Å². The molecule has 0 spiro atoms. The van der Waals surface area contributed by atoms with Crippen molar-refractivity contribution in [1.82, 2.24) is 15.5 Å². The Labute approximate surface area is 130 Å². The number of benzene rings is 1. The lowest BCUT2D eigenvalue weighted by atomic mass is 10.1. The number of piperidine rings is 1. The Balaban J connectivity index is 1.71. The van der Waals surface area contributed by atoms with Gasteiger partial charge in [-0.3, -0.25) is 0 Å². The van der Waals surface area contributed by atoms with E-state index in [1.165, 1.54) is 0 Å². The molecular formula is C16H23N3O3. The summed E-state index contributed by atoms with van der Waals surface area (Å²) < 4.78 is 5.20. The number of carbonyl (C=O) groups excluding carboxylic acids is 2. The zero-order valence-electron chi connectivity index (χ0n) is 12.9. The predicted molar refractivity (Wildman–Crippen MR) is 83.9 cm³/mol. The summed E-state index contributed by atoms with van der Waals surface area (Å²) >= 11 is 0. The zero-order chi connectivity index (χ0) is 15.8. The van der Waals surface area contributed by atoms with Gasteiger partial charge in [0.05, 0.1) is 0 Å². The number of likely N-dealkylation sites (tertiary alicyclic amines) is 1. The van der Waals surface area contributed by atoms with Crippen molar-refractivity contribution in [3.8, 4) is 5.75 Å². The highest BCUT2D eigenvalue weighted by Gasteiger charge is 2.24. The highest BCUT2D eigenvalue weighted by Crippen LogP contribution is 2.12. The van der Waals surface area contributed by atoms with E-state index in [9.17, 15) is 9.59 Å². The Hall–Kier alpha value is -2.24. The fourth-order valence-electron chi connectivity index (χ4n) is 2.36. The molecule has 0 aliphatic carbocycles. The van der Waals surface area contributed by atoms with Crippen molar-refractivity contribution in [3.63, 3.8) is 0 Å². The van der Waals surface area contributed by atoms with Gasteiger partial charge in [-0.2, -0.15) is 0 Å². The molecule has 1 saturated heterocycles. The normalized spacial score (nSPS) is 15.2. The number of hydrogen-bond donors (Lipinski definition) is 2. The molecule has 1 heterocycles. The van der Waals surface area contributed by atoms with Crippen LogP contribution in [-0.4, -0.2) is 42.7 Å². The lowest BCUT2D eigenvalue weighted by Crippen LogP contribution is -2.49. The Morgan fingerprint density at radius 1 is 1.23 bits per heavy atom. The lowest BCUT2D eigenvalue weighted by Gasteiger charge is -2.32. The Morgan fingerprint density at radius 2 is 1.91 bits per heavy atom. The number of nitrogens with one attached hydrogen (secondary N) is 2. The third-order valence-electron chi connectivity index (χ3n) is 3.58. The van der Waals surface area contributed by atoms with Crippen molar-refractivity contribution in [1.29, 1.82) is 0 Å². The van der Waals surface area contributed by atoms with Crippen LogP contribution in [0.15, 0.2) is 30.3 Å². The molecule has 1 fully saturated rings. The highest BCUT2D eigenvalue weighted by atomic mass is 16.6. The quantitative estimate of drug-likeness (QED) is 0.897. The Bertz CT molecular complexity index is 485. The van der Waals surface area contributed by atoms with Gasteiger partial charge < -0.3 is 20.3 Å². The lowest BCUT2D eigenvalue weighted by molar-refractivity contribution is 0.168. The van der Waals surface area contributed by atoms with Crippen LogP contribution in [0.2, 0.25) is 0 Å². The van der Waals surface area contributed by atoms with Gasteiger partial charge in [-0.15, -0.1) is 0 Å². The first-order chi connectivity index (χ1) is 10.7. The van der Waals surface area contributed by atoms with Crippen LogP contribution >= 0.6 is 0 Å². The minimum atomic E-state index is -0.444. The fraction of sp³-hybridized carbons (Fsp3) is 0.500. The van der Waals surface area contributed by atoms with Gasteiger partial charge in [0.1, 0.15) is 5.75 Å². The average molecular weight is 305 g/mol. The summed E-state index contributed by atoms with van der Waals surface area (Å²) in [7, 11) is 0. The Kier molecular flexibility index (Phi) is 6.06. The summed E-state index contributed by atoms with van der Waals surface area (Å²) in [6, 6.07) is 9.00. The number of rotatable bonds is 4. The zero-order valence-corrected chi connectivity index (χ0v) is 12.9. The first kappa shape index (κ1) is 16.1. The molecule has 1 aromatic carbocycles. The fourth-order valence-corrected chi connectivity index (χ4v) is 2.36. The van der Waals surface area contributed by atoms with E-state index < -0.39 is 6.09 Å². The molecule has 2 N–H and O–H groups in total. The second kappa shape index (κ2) is 8.26. The molecule has 0 bridgehead atoms. The third kappa shape index (κ3) is 4.95. The van der Waals surface area contributed by atoms with Crippen molar-refractivity contribution in [2.24, 2.45) is 0 Å². The van der Waals surface area contributed by atoms with Crippen molar-refractivity contribution in [3.05, 3.63) is 30.3 Å². The predicted octanol–water partition coefficient (Wildman–Crippen LogP) is 2.36. The van der Waals surface area contributed by atoms with Crippen LogP contribution in [-0.2, 0) is 0 Å². The van der Waals surface area contributed by atoms with Crippen LogP contribution in [0.1, 0.15) is 26.2 Å². The van der Waals surface area contributed by atoms with E-state index in [2.05, 4.69) is 10.6 Å². The van der Waals surface area contributed by atoms with Gasteiger partial charge >= 0.3 is 12.1 Å². The first-order valence-electron chi connectivity index (χ1n) is 7.75. The van der Waals surface area contributed by atoms with Gasteiger partial charge in [-0.05, 0) is 31.4 Å².